The lowest BCUT2D eigenvalue weighted by molar-refractivity contribution is -0.159. The molecule has 20 heavy (non-hydrogen) atoms. The summed E-state index contributed by atoms with van der Waals surface area (Å²) in [5.41, 5.74) is 0.0331. The Hall–Kier alpha value is -0.0500. The molecular weight excluding hydrogens is 314 g/mol. The molecule has 0 aromatic carbocycles. The minimum absolute atomic E-state index is 0.0331. The van der Waals surface area contributed by atoms with Crippen LogP contribution >= 0.6 is 15.9 Å². The van der Waals surface area contributed by atoms with Crippen molar-refractivity contribution in [1.82, 2.24) is 4.90 Å². The number of nitrogens with zero attached hydrogens (tertiary/aromatic N) is 1. The normalized spacial score (nSPS) is 38.5. The van der Waals surface area contributed by atoms with Crippen molar-refractivity contribution in [2.45, 2.75) is 64.8 Å². The average molecular weight is 342 g/mol. The van der Waals surface area contributed by atoms with Crippen molar-refractivity contribution in [3.63, 3.8) is 0 Å². The molecule has 0 unspecified atom stereocenters. The number of carbonyl (C=O) groups excluding carboxylic acids is 1. The van der Waals surface area contributed by atoms with E-state index in [4.69, 9.17) is 0 Å². The fourth-order valence-electron chi connectivity index (χ4n) is 5.50. The summed E-state index contributed by atoms with van der Waals surface area (Å²) in [6.07, 6.45) is 8.87. The van der Waals surface area contributed by atoms with Crippen LogP contribution in [0.15, 0.2) is 0 Å². The van der Waals surface area contributed by atoms with Crippen LogP contribution in [0.2, 0.25) is 0 Å². The van der Waals surface area contributed by atoms with E-state index in [-0.39, 0.29) is 5.41 Å². The van der Waals surface area contributed by atoms with Crippen molar-refractivity contribution in [2.24, 2.45) is 23.2 Å². The second kappa shape index (κ2) is 5.62. The first kappa shape index (κ1) is 14.9. The Morgan fingerprint density at radius 3 is 2.05 bits per heavy atom. The third-order valence-corrected chi connectivity index (χ3v) is 6.47. The average Bonchev–Trinajstić information content (AvgIpc) is 2.37. The smallest absolute Gasteiger partial charge is 0.229 e. The first-order chi connectivity index (χ1) is 9.54. The van der Waals surface area contributed by atoms with Crippen LogP contribution in [-0.4, -0.2) is 28.7 Å². The summed E-state index contributed by atoms with van der Waals surface area (Å²) in [6.45, 7) is 5.27. The molecule has 0 spiro atoms. The summed E-state index contributed by atoms with van der Waals surface area (Å²) in [4.78, 5) is 15.4. The van der Waals surface area contributed by atoms with Crippen molar-refractivity contribution in [1.29, 1.82) is 0 Å². The number of alkyl halides is 1. The highest BCUT2D eigenvalue weighted by molar-refractivity contribution is 9.09. The summed E-state index contributed by atoms with van der Waals surface area (Å²) >= 11 is 3.50. The van der Waals surface area contributed by atoms with Gasteiger partial charge in [-0.15, -0.1) is 0 Å². The van der Waals surface area contributed by atoms with Gasteiger partial charge in [0.05, 0.1) is 5.41 Å². The van der Waals surface area contributed by atoms with Gasteiger partial charge in [-0.1, -0.05) is 15.9 Å². The van der Waals surface area contributed by atoms with E-state index in [9.17, 15) is 4.79 Å². The van der Waals surface area contributed by atoms with Crippen LogP contribution in [0.1, 0.15) is 58.8 Å². The van der Waals surface area contributed by atoms with Crippen LogP contribution in [0.25, 0.3) is 0 Å². The highest BCUT2D eigenvalue weighted by Gasteiger charge is 2.55. The van der Waals surface area contributed by atoms with Gasteiger partial charge in [-0.25, -0.2) is 0 Å². The molecule has 1 amide bonds. The quantitative estimate of drug-likeness (QED) is 0.685. The summed E-state index contributed by atoms with van der Waals surface area (Å²) in [7, 11) is 0. The Bertz CT molecular complexity index is 344. The number of rotatable bonds is 5. The van der Waals surface area contributed by atoms with Crippen LogP contribution in [0, 0.1) is 23.2 Å². The molecule has 0 radical (unpaired) electrons. The Kier molecular flexibility index (Phi) is 4.18. The van der Waals surface area contributed by atoms with E-state index in [2.05, 4.69) is 34.7 Å². The molecule has 0 aromatic heterocycles. The zero-order chi connectivity index (χ0) is 14.3. The molecule has 0 aromatic rings. The Morgan fingerprint density at radius 1 is 1.15 bits per heavy atom. The van der Waals surface area contributed by atoms with Crippen molar-refractivity contribution >= 4 is 21.8 Å². The zero-order valence-corrected chi connectivity index (χ0v) is 14.5. The molecular formula is C17H28BrNO. The molecule has 4 bridgehead atoms. The lowest BCUT2D eigenvalue weighted by atomic mass is 9.49. The maximum absolute atomic E-state index is 13.3. The van der Waals surface area contributed by atoms with Gasteiger partial charge in [-0.3, -0.25) is 4.79 Å². The first-order valence-electron chi connectivity index (χ1n) is 8.41. The van der Waals surface area contributed by atoms with E-state index >= 15 is 0 Å². The van der Waals surface area contributed by atoms with E-state index in [0.717, 1.165) is 36.0 Å². The molecule has 0 N–H and O–H groups in total. The predicted octanol–water partition coefficient (Wildman–Crippen LogP) is 4.22. The van der Waals surface area contributed by atoms with Crippen LogP contribution < -0.4 is 0 Å². The number of halogens is 1. The van der Waals surface area contributed by atoms with Crippen molar-refractivity contribution in [3.8, 4) is 0 Å². The predicted molar refractivity (Wildman–Crippen MR) is 85.9 cm³/mol. The molecule has 4 saturated carbocycles. The molecule has 2 nitrogen and oxygen atoms in total. The maximum atomic E-state index is 13.3. The molecule has 0 saturated heterocycles. The summed E-state index contributed by atoms with van der Waals surface area (Å²) in [5, 5.41) is 0.990. The third-order valence-electron chi connectivity index (χ3n) is 5.91. The summed E-state index contributed by atoms with van der Waals surface area (Å²) in [5.74, 6) is 3.06. The second-order valence-corrected chi connectivity index (χ2v) is 8.63. The highest BCUT2D eigenvalue weighted by Crippen LogP contribution is 2.60. The SMILES string of the molecule is CC(C)N(CCCBr)C(=O)C12CC3CC(CC(C3)C1)C2. The molecule has 0 aliphatic heterocycles. The summed E-state index contributed by atoms with van der Waals surface area (Å²) in [6, 6.07) is 0.342. The molecule has 0 heterocycles. The highest BCUT2D eigenvalue weighted by atomic mass is 79.9. The van der Waals surface area contributed by atoms with E-state index in [0.29, 0.717) is 11.9 Å². The van der Waals surface area contributed by atoms with Gasteiger partial charge in [-0.05, 0) is 76.5 Å². The van der Waals surface area contributed by atoms with Crippen molar-refractivity contribution < 1.29 is 4.79 Å². The first-order valence-corrected chi connectivity index (χ1v) is 9.53. The van der Waals surface area contributed by atoms with Gasteiger partial charge in [0.2, 0.25) is 5.91 Å². The number of hydrogen-bond donors (Lipinski definition) is 0. The van der Waals surface area contributed by atoms with Crippen molar-refractivity contribution in [2.75, 3.05) is 11.9 Å². The Balaban J connectivity index is 1.78. The summed E-state index contributed by atoms with van der Waals surface area (Å²) < 4.78 is 0. The second-order valence-electron chi connectivity index (χ2n) is 7.83. The van der Waals surface area contributed by atoms with E-state index < -0.39 is 0 Å². The van der Waals surface area contributed by atoms with Crippen LogP contribution in [-0.2, 0) is 4.79 Å². The van der Waals surface area contributed by atoms with Gasteiger partial charge >= 0.3 is 0 Å². The molecule has 4 aliphatic carbocycles. The van der Waals surface area contributed by atoms with E-state index in [1.54, 1.807) is 0 Å². The number of carbonyl (C=O) groups is 1. The fourth-order valence-corrected chi connectivity index (χ4v) is 5.75. The van der Waals surface area contributed by atoms with Gasteiger partial charge in [0.1, 0.15) is 0 Å². The fraction of sp³-hybridized carbons (Fsp3) is 0.941. The minimum atomic E-state index is 0.0331. The largest absolute Gasteiger partial charge is 0.340 e. The minimum Gasteiger partial charge on any atom is -0.340 e. The topological polar surface area (TPSA) is 20.3 Å². The van der Waals surface area contributed by atoms with Gasteiger partial charge in [0, 0.05) is 17.9 Å². The standard InChI is InChI=1S/C17H28BrNO/c1-12(2)19(5-3-4-18)16(20)17-9-13-6-14(10-17)8-15(7-13)11-17/h12-15H,3-11H2,1-2H3. The van der Waals surface area contributed by atoms with Gasteiger partial charge in [-0.2, -0.15) is 0 Å². The van der Waals surface area contributed by atoms with Crippen LogP contribution in [0.4, 0.5) is 0 Å². The zero-order valence-electron chi connectivity index (χ0n) is 12.9. The van der Waals surface area contributed by atoms with Crippen LogP contribution in [0.3, 0.4) is 0 Å². The molecule has 114 valence electrons. The molecule has 4 fully saturated rings. The number of amides is 1. The maximum Gasteiger partial charge on any atom is 0.229 e. The van der Waals surface area contributed by atoms with Gasteiger partial charge in [0.25, 0.3) is 0 Å². The van der Waals surface area contributed by atoms with Crippen molar-refractivity contribution in [3.05, 3.63) is 0 Å². The van der Waals surface area contributed by atoms with Crippen LogP contribution in [0.5, 0.6) is 0 Å². The van der Waals surface area contributed by atoms with Gasteiger partial charge in [0.15, 0.2) is 0 Å². The monoisotopic (exact) mass is 341 g/mol. The molecule has 0 atom stereocenters. The van der Waals surface area contributed by atoms with E-state index in [1.807, 2.05) is 0 Å². The Morgan fingerprint density at radius 2 is 1.65 bits per heavy atom. The lowest BCUT2D eigenvalue weighted by Gasteiger charge is -2.57. The molecule has 4 aliphatic rings. The van der Waals surface area contributed by atoms with E-state index in [1.165, 1.54) is 38.5 Å². The molecule has 3 heteroatoms. The lowest BCUT2D eigenvalue weighted by Crippen LogP contribution is -2.56. The molecule has 4 rings (SSSR count). The number of hydrogen-bond acceptors (Lipinski definition) is 1. The van der Waals surface area contributed by atoms with Gasteiger partial charge < -0.3 is 4.90 Å². The Labute approximate surface area is 131 Å². The third kappa shape index (κ3) is 2.55.